The van der Waals surface area contributed by atoms with Crippen molar-refractivity contribution in [3.8, 4) is 0 Å². The first kappa shape index (κ1) is 12.8. The molecule has 4 heteroatoms. The summed E-state index contributed by atoms with van der Waals surface area (Å²) in [5, 5.41) is 0. The molecule has 0 aliphatic rings. The van der Waals surface area contributed by atoms with Gasteiger partial charge in [0, 0.05) is 10.8 Å². The lowest BCUT2D eigenvalue weighted by molar-refractivity contribution is 0.0606. The Morgan fingerprint density at radius 3 is 2.78 bits per heavy atom. The molecule has 1 unspecified atom stereocenters. The summed E-state index contributed by atoms with van der Waals surface area (Å²) in [6.07, 6.45) is 0. The second kappa shape index (κ2) is 5.31. The minimum atomic E-state index is -0.335. The standard InChI is InChI=1S/C14H13FO2S/c1-9(10-4-3-5-11(15)8-10)12-6-7-13(18-12)14(16)17-2/h3-9H,1-2H3. The molecule has 0 aliphatic carbocycles. The van der Waals surface area contributed by atoms with Gasteiger partial charge in [-0.25, -0.2) is 9.18 Å². The van der Waals surface area contributed by atoms with Gasteiger partial charge < -0.3 is 4.74 Å². The Bertz CT molecular complexity index is 562. The number of hydrogen-bond donors (Lipinski definition) is 0. The molecule has 0 spiro atoms. The second-order valence-corrected chi connectivity index (χ2v) is 5.09. The van der Waals surface area contributed by atoms with Gasteiger partial charge in [-0.15, -0.1) is 11.3 Å². The number of carbonyl (C=O) groups excluding carboxylic acids is 1. The lowest BCUT2D eigenvalue weighted by Gasteiger charge is -2.09. The van der Waals surface area contributed by atoms with Gasteiger partial charge in [-0.1, -0.05) is 19.1 Å². The van der Waals surface area contributed by atoms with Crippen LogP contribution in [0.25, 0.3) is 0 Å². The smallest absolute Gasteiger partial charge is 0.348 e. The number of thiophene rings is 1. The van der Waals surface area contributed by atoms with Crippen LogP contribution in [0.3, 0.4) is 0 Å². The molecule has 18 heavy (non-hydrogen) atoms. The zero-order chi connectivity index (χ0) is 13.1. The van der Waals surface area contributed by atoms with E-state index in [1.807, 2.05) is 19.1 Å². The minimum Gasteiger partial charge on any atom is -0.465 e. The van der Waals surface area contributed by atoms with Crippen LogP contribution in [0.5, 0.6) is 0 Å². The van der Waals surface area contributed by atoms with E-state index in [4.69, 9.17) is 0 Å². The largest absolute Gasteiger partial charge is 0.465 e. The summed E-state index contributed by atoms with van der Waals surface area (Å²) >= 11 is 1.38. The van der Waals surface area contributed by atoms with Crippen LogP contribution in [0, 0.1) is 5.82 Å². The van der Waals surface area contributed by atoms with Crippen molar-refractivity contribution in [3.63, 3.8) is 0 Å². The van der Waals surface area contributed by atoms with Crippen molar-refractivity contribution in [1.82, 2.24) is 0 Å². The summed E-state index contributed by atoms with van der Waals surface area (Å²) in [6, 6.07) is 10.1. The van der Waals surface area contributed by atoms with Gasteiger partial charge in [-0.05, 0) is 29.8 Å². The molecule has 1 heterocycles. The summed E-state index contributed by atoms with van der Waals surface area (Å²) in [6.45, 7) is 1.99. The highest BCUT2D eigenvalue weighted by Gasteiger charge is 2.15. The molecule has 0 amide bonds. The van der Waals surface area contributed by atoms with Crippen LogP contribution in [0.1, 0.15) is 33.0 Å². The molecule has 0 saturated carbocycles. The van der Waals surface area contributed by atoms with Gasteiger partial charge in [0.15, 0.2) is 0 Å². The van der Waals surface area contributed by atoms with Crippen LogP contribution in [-0.4, -0.2) is 13.1 Å². The topological polar surface area (TPSA) is 26.3 Å². The highest BCUT2D eigenvalue weighted by Crippen LogP contribution is 2.30. The Morgan fingerprint density at radius 1 is 1.33 bits per heavy atom. The minimum absolute atomic E-state index is 0.0594. The van der Waals surface area contributed by atoms with Crippen molar-refractivity contribution in [2.75, 3.05) is 7.11 Å². The number of benzene rings is 1. The Morgan fingerprint density at radius 2 is 2.11 bits per heavy atom. The molecule has 0 bridgehead atoms. The summed E-state index contributed by atoms with van der Waals surface area (Å²) in [5.74, 6) is -0.522. The number of halogens is 1. The average Bonchev–Trinajstić information content (AvgIpc) is 2.86. The van der Waals surface area contributed by atoms with E-state index in [0.717, 1.165) is 10.4 Å². The first-order valence-electron chi connectivity index (χ1n) is 5.55. The molecule has 2 nitrogen and oxygen atoms in total. The maximum atomic E-state index is 13.2. The summed E-state index contributed by atoms with van der Waals surface area (Å²) in [4.78, 5) is 12.9. The monoisotopic (exact) mass is 264 g/mol. The molecule has 0 fully saturated rings. The lowest BCUT2D eigenvalue weighted by Crippen LogP contribution is -1.97. The van der Waals surface area contributed by atoms with Gasteiger partial charge in [0.05, 0.1) is 7.11 Å². The van der Waals surface area contributed by atoms with Gasteiger partial charge in [0.1, 0.15) is 10.7 Å². The van der Waals surface area contributed by atoms with E-state index in [9.17, 15) is 9.18 Å². The number of carbonyl (C=O) groups is 1. The molecule has 0 N–H and O–H groups in total. The Hall–Kier alpha value is -1.68. The van der Waals surface area contributed by atoms with Crippen LogP contribution in [-0.2, 0) is 4.74 Å². The summed E-state index contributed by atoms with van der Waals surface area (Å²) in [7, 11) is 1.36. The Balaban J connectivity index is 2.26. The zero-order valence-corrected chi connectivity index (χ0v) is 11.0. The lowest BCUT2D eigenvalue weighted by atomic mass is 10.00. The third-order valence-electron chi connectivity index (χ3n) is 2.79. The van der Waals surface area contributed by atoms with Crippen LogP contribution < -0.4 is 0 Å². The zero-order valence-electron chi connectivity index (χ0n) is 10.1. The van der Waals surface area contributed by atoms with Crippen molar-refractivity contribution in [3.05, 3.63) is 57.5 Å². The average molecular weight is 264 g/mol. The van der Waals surface area contributed by atoms with Crippen molar-refractivity contribution < 1.29 is 13.9 Å². The maximum Gasteiger partial charge on any atom is 0.348 e. The van der Waals surface area contributed by atoms with E-state index in [1.165, 1.54) is 30.6 Å². The third kappa shape index (κ3) is 2.59. The van der Waals surface area contributed by atoms with E-state index < -0.39 is 0 Å². The molecular formula is C14H13FO2S. The first-order valence-corrected chi connectivity index (χ1v) is 6.37. The van der Waals surface area contributed by atoms with Crippen molar-refractivity contribution in [2.45, 2.75) is 12.8 Å². The number of esters is 1. The first-order chi connectivity index (χ1) is 8.61. The highest BCUT2D eigenvalue weighted by atomic mass is 32.1. The van der Waals surface area contributed by atoms with Gasteiger partial charge in [0.2, 0.25) is 0 Å². The second-order valence-electron chi connectivity index (χ2n) is 3.97. The number of ether oxygens (including phenoxy) is 1. The number of methoxy groups -OCH3 is 1. The molecule has 94 valence electrons. The van der Waals surface area contributed by atoms with E-state index in [-0.39, 0.29) is 17.7 Å². The van der Waals surface area contributed by atoms with Gasteiger partial charge in [0.25, 0.3) is 0 Å². The predicted molar refractivity (Wildman–Crippen MR) is 69.6 cm³/mol. The maximum absolute atomic E-state index is 13.2. The predicted octanol–water partition coefficient (Wildman–Crippen LogP) is 3.83. The Labute approximate surface area is 109 Å². The molecule has 0 aliphatic heterocycles. The quantitative estimate of drug-likeness (QED) is 0.788. The molecule has 0 radical (unpaired) electrons. The molecule has 2 aromatic rings. The van der Waals surface area contributed by atoms with Crippen LogP contribution in [0.2, 0.25) is 0 Å². The van der Waals surface area contributed by atoms with Crippen LogP contribution in [0.15, 0.2) is 36.4 Å². The number of hydrogen-bond acceptors (Lipinski definition) is 3. The van der Waals surface area contributed by atoms with Gasteiger partial charge in [-0.2, -0.15) is 0 Å². The van der Waals surface area contributed by atoms with E-state index in [2.05, 4.69) is 4.74 Å². The fourth-order valence-electron chi connectivity index (χ4n) is 1.74. The van der Waals surface area contributed by atoms with Crippen molar-refractivity contribution in [2.24, 2.45) is 0 Å². The molecule has 1 atom stereocenters. The number of rotatable bonds is 3. The van der Waals surface area contributed by atoms with Gasteiger partial charge in [-0.3, -0.25) is 0 Å². The van der Waals surface area contributed by atoms with E-state index in [1.54, 1.807) is 12.1 Å². The SMILES string of the molecule is COC(=O)c1ccc(C(C)c2cccc(F)c2)s1. The normalized spacial score (nSPS) is 12.2. The van der Waals surface area contributed by atoms with Crippen LogP contribution >= 0.6 is 11.3 Å². The van der Waals surface area contributed by atoms with Gasteiger partial charge >= 0.3 is 5.97 Å². The van der Waals surface area contributed by atoms with E-state index >= 15 is 0 Å². The van der Waals surface area contributed by atoms with Crippen molar-refractivity contribution >= 4 is 17.3 Å². The van der Waals surface area contributed by atoms with Crippen molar-refractivity contribution in [1.29, 1.82) is 0 Å². The molecule has 1 aromatic heterocycles. The summed E-state index contributed by atoms with van der Waals surface area (Å²) in [5.41, 5.74) is 0.897. The fourth-order valence-corrected chi connectivity index (χ4v) is 2.74. The highest BCUT2D eigenvalue weighted by molar-refractivity contribution is 7.14. The molecule has 2 rings (SSSR count). The summed E-state index contributed by atoms with van der Waals surface area (Å²) < 4.78 is 17.8. The Kier molecular flexibility index (Phi) is 3.77. The molecule has 1 aromatic carbocycles. The molecule has 0 saturated heterocycles. The fraction of sp³-hybridized carbons (Fsp3) is 0.214. The third-order valence-corrected chi connectivity index (χ3v) is 4.04. The van der Waals surface area contributed by atoms with Crippen LogP contribution in [0.4, 0.5) is 4.39 Å². The van der Waals surface area contributed by atoms with E-state index in [0.29, 0.717) is 4.88 Å². The molecular weight excluding hydrogens is 251 g/mol.